The molecule has 2 N–H and O–H groups in total. The Balaban J connectivity index is 1.51. The van der Waals surface area contributed by atoms with Gasteiger partial charge in [0, 0.05) is 23.7 Å². The van der Waals surface area contributed by atoms with E-state index >= 15 is 4.39 Å². The van der Waals surface area contributed by atoms with Gasteiger partial charge in [0.2, 0.25) is 0 Å². The summed E-state index contributed by atoms with van der Waals surface area (Å²) < 4.78 is 49.9. The van der Waals surface area contributed by atoms with Crippen LogP contribution in [0.3, 0.4) is 0 Å². The number of aliphatic hydroxyl groups is 2. The Labute approximate surface area is 179 Å². The topological polar surface area (TPSA) is 130 Å². The number of halogens is 1. The summed E-state index contributed by atoms with van der Waals surface area (Å²) in [6.07, 6.45) is 3.01. The highest BCUT2D eigenvalue weighted by atomic mass is 32.2. The van der Waals surface area contributed by atoms with Crippen molar-refractivity contribution in [3.8, 4) is 0 Å². The van der Waals surface area contributed by atoms with Crippen LogP contribution in [0.4, 0.5) is 4.39 Å². The van der Waals surface area contributed by atoms with Crippen LogP contribution in [0, 0.1) is 17.3 Å². The quantitative estimate of drug-likeness (QED) is 0.459. The van der Waals surface area contributed by atoms with E-state index in [9.17, 15) is 28.2 Å². The standard InChI is InChI=1S/C21H25FO8S/c1-18-6-5-12(23)7-11(18)3-4-13-14-8-15(24)21(17(26)10-29-31(2,27)28)19(14,30-21)9-16(25)20(13,18)22/h5-7,13-16,24-25H,3-4,8-10H2,1-2H3/t13-,14-,15+,16-,18-,19+,20-,21-/m0/s1. The second kappa shape index (κ2) is 6.11. The fraction of sp³-hybridized carbons (Fsp3) is 0.714. The number of allylic oxidation sites excluding steroid dienone is 4. The molecule has 5 rings (SSSR count). The largest absolute Gasteiger partial charge is 0.390 e. The van der Waals surface area contributed by atoms with Gasteiger partial charge in [0.25, 0.3) is 10.1 Å². The van der Waals surface area contributed by atoms with Crippen molar-refractivity contribution in [3.63, 3.8) is 0 Å². The highest BCUT2D eigenvalue weighted by molar-refractivity contribution is 7.86. The lowest BCUT2D eigenvalue weighted by molar-refractivity contribution is -0.180. The molecule has 5 aliphatic rings. The van der Waals surface area contributed by atoms with Crippen molar-refractivity contribution in [2.75, 3.05) is 12.9 Å². The van der Waals surface area contributed by atoms with Gasteiger partial charge in [-0.25, -0.2) is 4.39 Å². The Morgan fingerprint density at radius 1 is 1.32 bits per heavy atom. The Morgan fingerprint density at radius 3 is 2.71 bits per heavy atom. The molecule has 0 radical (unpaired) electrons. The highest BCUT2D eigenvalue weighted by Crippen LogP contribution is 2.74. The second-order valence-electron chi connectivity index (χ2n) is 9.72. The first kappa shape index (κ1) is 21.4. The maximum atomic E-state index is 16.9. The number of alkyl halides is 1. The Kier molecular flexibility index (Phi) is 4.21. The minimum absolute atomic E-state index is 0.103. The minimum Gasteiger partial charge on any atom is -0.390 e. The first-order valence-electron chi connectivity index (χ1n) is 10.4. The van der Waals surface area contributed by atoms with E-state index in [1.165, 1.54) is 18.2 Å². The number of epoxide rings is 1. The summed E-state index contributed by atoms with van der Waals surface area (Å²) in [6, 6.07) is 0. The number of ketones is 2. The van der Waals surface area contributed by atoms with Gasteiger partial charge in [-0.2, -0.15) is 8.42 Å². The van der Waals surface area contributed by atoms with Crippen LogP contribution in [-0.4, -0.2) is 72.1 Å². The van der Waals surface area contributed by atoms with E-state index in [0.29, 0.717) is 18.4 Å². The third kappa shape index (κ3) is 2.45. The summed E-state index contributed by atoms with van der Waals surface area (Å²) in [5.74, 6) is -2.19. The van der Waals surface area contributed by atoms with Gasteiger partial charge in [-0.15, -0.1) is 0 Å². The van der Waals surface area contributed by atoms with Crippen molar-refractivity contribution in [1.29, 1.82) is 0 Å². The van der Waals surface area contributed by atoms with Gasteiger partial charge in [0.1, 0.15) is 12.2 Å². The smallest absolute Gasteiger partial charge is 0.264 e. The molecule has 3 saturated carbocycles. The molecule has 10 heteroatoms. The molecule has 0 aromatic carbocycles. The van der Waals surface area contributed by atoms with E-state index in [1.54, 1.807) is 6.92 Å². The maximum absolute atomic E-state index is 16.9. The zero-order valence-electron chi connectivity index (χ0n) is 17.2. The third-order valence-electron chi connectivity index (χ3n) is 8.39. The summed E-state index contributed by atoms with van der Waals surface area (Å²) >= 11 is 0. The van der Waals surface area contributed by atoms with Gasteiger partial charge in [-0.3, -0.25) is 13.8 Å². The molecule has 0 amide bonds. The van der Waals surface area contributed by atoms with E-state index < -0.39 is 68.8 Å². The van der Waals surface area contributed by atoms with E-state index in [0.717, 1.165) is 6.26 Å². The normalized spacial score (nSPS) is 50.1. The third-order valence-corrected chi connectivity index (χ3v) is 8.93. The zero-order chi connectivity index (χ0) is 22.6. The lowest BCUT2D eigenvalue weighted by Crippen LogP contribution is -2.66. The number of carbonyl (C=O) groups excluding carboxylic acids is 2. The van der Waals surface area contributed by atoms with Crippen molar-refractivity contribution in [1.82, 2.24) is 0 Å². The van der Waals surface area contributed by atoms with E-state index in [2.05, 4.69) is 4.18 Å². The van der Waals surface area contributed by atoms with Crippen molar-refractivity contribution in [2.45, 2.75) is 61.7 Å². The lowest BCUT2D eigenvalue weighted by Gasteiger charge is -2.59. The predicted octanol–water partition coefficient (Wildman–Crippen LogP) is 0.375. The minimum atomic E-state index is -3.88. The van der Waals surface area contributed by atoms with Crippen molar-refractivity contribution < 1.29 is 41.5 Å². The highest BCUT2D eigenvalue weighted by Gasteiger charge is 2.88. The molecule has 1 spiro atoms. The average molecular weight is 456 g/mol. The molecule has 31 heavy (non-hydrogen) atoms. The molecule has 1 aliphatic heterocycles. The molecule has 8 nitrogen and oxygen atoms in total. The van der Waals surface area contributed by atoms with Gasteiger partial charge in [-0.1, -0.05) is 11.6 Å². The number of hydrogen-bond acceptors (Lipinski definition) is 8. The molecule has 4 aliphatic carbocycles. The number of rotatable bonds is 4. The van der Waals surface area contributed by atoms with E-state index in [-0.39, 0.29) is 18.6 Å². The van der Waals surface area contributed by atoms with Crippen molar-refractivity contribution >= 4 is 21.7 Å². The lowest BCUT2D eigenvalue weighted by atomic mass is 9.48. The second-order valence-corrected chi connectivity index (χ2v) is 11.4. The first-order valence-corrected chi connectivity index (χ1v) is 12.2. The summed E-state index contributed by atoms with van der Waals surface area (Å²) in [6.45, 7) is 0.883. The molecule has 170 valence electrons. The number of hydrogen-bond donors (Lipinski definition) is 2. The van der Waals surface area contributed by atoms with Crippen LogP contribution >= 0.6 is 0 Å². The number of fused-ring (bicyclic) bond motifs is 4. The van der Waals surface area contributed by atoms with Crippen LogP contribution in [0.1, 0.15) is 32.6 Å². The first-order chi connectivity index (χ1) is 14.3. The Hall–Kier alpha value is -1.46. The van der Waals surface area contributed by atoms with Gasteiger partial charge in [-0.05, 0) is 38.3 Å². The monoisotopic (exact) mass is 456 g/mol. The van der Waals surface area contributed by atoms with Gasteiger partial charge < -0.3 is 14.9 Å². The fourth-order valence-electron chi connectivity index (χ4n) is 7.00. The molecular weight excluding hydrogens is 431 g/mol. The Bertz CT molecular complexity index is 1050. The van der Waals surface area contributed by atoms with Crippen LogP contribution in [0.15, 0.2) is 23.8 Å². The molecule has 8 atom stereocenters. The predicted molar refractivity (Wildman–Crippen MR) is 104 cm³/mol. The van der Waals surface area contributed by atoms with Crippen molar-refractivity contribution in [3.05, 3.63) is 23.8 Å². The van der Waals surface area contributed by atoms with Gasteiger partial charge in [0.15, 0.2) is 22.8 Å². The summed E-state index contributed by atoms with van der Waals surface area (Å²) in [4.78, 5) is 24.7. The number of aliphatic hydroxyl groups excluding tert-OH is 2. The molecule has 1 saturated heterocycles. The molecule has 0 aromatic heterocycles. The molecule has 1 heterocycles. The molecule has 0 aromatic rings. The fourth-order valence-corrected chi connectivity index (χ4v) is 7.32. The summed E-state index contributed by atoms with van der Waals surface area (Å²) in [7, 11) is -3.88. The van der Waals surface area contributed by atoms with E-state index in [1.807, 2.05) is 0 Å². The molecule has 0 bridgehead atoms. The van der Waals surface area contributed by atoms with Crippen LogP contribution < -0.4 is 0 Å². The summed E-state index contributed by atoms with van der Waals surface area (Å²) in [5, 5.41) is 21.9. The SMILES string of the molecule is C[C@]12C=CC(=O)C=C1CC[C@H]1[C@@H]3C[C@@H](O)[C@@]4(C(=O)COS(C)(=O)=O)O[C@]34C[C@H](O)[C@@]12F. The van der Waals surface area contributed by atoms with Crippen LogP contribution in [0.25, 0.3) is 0 Å². The molecule has 4 fully saturated rings. The number of carbonyl (C=O) groups is 2. The molecular formula is C21H25FO8S. The zero-order valence-corrected chi connectivity index (χ0v) is 18.0. The number of ether oxygens (including phenoxy) is 1. The van der Waals surface area contributed by atoms with E-state index in [4.69, 9.17) is 4.74 Å². The van der Waals surface area contributed by atoms with Gasteiger partial charge in [0.05, 0.1) is 18.5 Å². The molecule has 0 unspecified atom stereocenters. The van der Waals surface area contributed by atoms with Crippen LogP contribution in [0.2, 0.25) is 0 Å². The van der Waals surface area contributed by atoms with Crippen molar-refractivity contribution in [2.24, 2.45) is 17.3 Å². The summed E-state index contributed by atoms with van der Waals surface area (Å²) in [5.41, 5.74) is -5.60. The average Bonchev–Trinajstić information content (AvgIpc) is 3.28. The van der Waals surface area contributed by atoms with Crippen LogP contribution in [-0.2, 0) is 28.6 Å². The van der Waals surface area contributed by atoms with Gasteiger partial charge >= 0.3 is 0 Å². The number of Topliss-reactive ketones (excluding diaryl/α,β-unsaturated/α-hetero) is 1. The Morgan fingerprint density at radius 2 is 2.03 bits per heavy atom. The maximum Gasteiger partial charge on any atom is 0.264 e. The van der Waals surface area contributed by atoms with Crippen LogP contribution in [0.5, 0.6) is 0 Å².